The molecule has 1 aromatic rings. The Morgan fingerprint density at radius 2 is 2.07 bits per heavy atom. The third-order valence-electron chi connectivity index (χ3n) is 2.96. The molecule has 2 rings (SSSR count). The maximum atomic E-state index is 6.16. The first-order chi connectivity index (χ1) is 7.31. The Morgan fingerprint density at radius 3 is 2.67 bits per heavy atom. The zero-order chi connectivity index (χ0) is 10.7. The van der Waals surface area contributed by atoms with E-state index >= 15 is 0 Å². The van der Waals surface area contributed by atoms with Crippen LogP contribution >= 0.6 is 11.6 Å². The lowest BCUT2D eigenvalue weighted by molar-refractivity contribution is 0.577. The maximum absolute atomic E-state index is 6.16. The number of aryl methyl sites for hydroxylation is 1. The van der Waals surface area contributed by atoms with E-state index in [1.165, 1.54) is 24.9 Å². The lowest BCUT2D eigenvalue weighted by Gasteiger charge is -2.28. The van der Waals surface area contributed by atoms with Gasteiger partial charge in [-0.3, -0.25) is 4.98 Å². The minimum absolute atomic E-state index is 0.806. The molecule has 0 atom stereocenters. The molecule has 1 aliphatic rings. The summed E-state index contributed by atoms with van der Waals surface area (Å²) in [6.07, 6.45) is 6.78. The third-order valence-corrected chi connectivity index (χ3v) is 3.29. The van der Waals surface area contributed by atoms with Gasteiger partial charge in [-0.1, -0.05) is 18.5 Å². The first-order valence-electron chi connectivity index (χ1n) is 5.70. The summed E-state index contributed by atoms with van der Waals surface area (Å²) in [7, 11) is 0. The Bertz CT molecular complexity index is 332. The number of halogens is 1. The van der Waals surface area contributed by atoms with Gasteiger partial charge in [-0.25, -0.2) is 0 Å². The fraction of sp³-hybridized carbons (Fsp3) is 0.583. The van der Waals surface area contributed by atoms with Gasteiger partial charge < -0.3 is 4.90 Å². The number of hydrogen-bond acceptors (Lipinski definition) is 2. The molecule has 0 aromatic carbocycles. The maximum Gasteiger partial charge on any atom is 0.0641 e. The van der Waals surface area contributed by atoms with Crippen molar-refractivity contribution in [2.75, 3.05) is 18.0 Å². The quantitative estimate of drug-likeness (QED) is 0.767. The summed E-state index contributed by atoms with van der Waals surface area (Å²) in [6.45, 7) is 4.36. The van der Waals surface area contributed by atoms with E-state index in [0.29, 0.717) is 0 Å². The normalized spacial score (nSPS) is 16.8. The van der Waals surface area contributed by atoms with Crippen LogP contribution in [-0.2, 0) is 6.42 Å². The monoisotopic (exact) mass is 224 g/mol. The summed E-state index contributed by atoms with van der Waals surface area (Å²) in [6, 6.07) is 2.05. The molecule has 0 amide bonds. The highest BCUT2D eigenvalue weighted by molar-refractivity contribution is 6.31. The Balaban J connectivity index is 2.17. The van der Waals surface area contributed by atoms with Gasteiger partial charge in [0.15, 0.2) is 0 Å². The number of anilines is 1. The van der Waals surface area contributed by atoms with Crippen molar-refractivity contribution in [2.45, 2.75) is 32.6 Å². The van der Waals surface area contributed by atoms with Gasteiger partial charge in [-0.15, -0.1) is 0 Å². The van der Waals surface area contributed by atoms with Gasteiger partial charge in [0.1, 0.15) is 0 Å². The molecule has 1 aromatic heterocycles. The second kappa shape index (κ2) is 4.84. The minimum Gasteiger partial charge on any atom is -0.370 e. The van der Waals surface area contributed by atoms with E-state index in [9.17, 15) is 0 Å². The van der Waals surface area contributed by atoms with E-state index in [2.05, 4.69) is 22.9 Å². The SMILES string of the molecule is CCc1ncc(N2CCCCC2)cc1Cl. The van der Waals surface area contributed by atoms with Gasteiger partial charge in [0.05, 0.1) is 22.6 Å². The second-order valence-electron chi connectivity index (χ2n) is 4.02. The minimum atomic E-state index is 0.806. The van der Waals surface area contributed by atoms with Crippen LogP contribution in [0.2, 0.25) is 5.02 Å². The molecule has 2 nitrogen and oxygen atoms in total. The van der Waals surface area contributed by atoms with Gasteiger partial charge >= 0.3 is 0 Å². The van der Waals surface area contributed by atoms with Gasteiger partial charge in [-0.2, -0.15) is 0 Å². The van der Waals surface area contributed by atoms with Crippen molar-refractivity contribution < 1.29 is 0 Å². The fourth-order valence-corrected chi connectivity index (χ4v) is 2.34. The van der Waals surface area contributed by atoms with Crippen molar-refractivity contribution in [3.63, 3.8) is 0 Å². The molecule has 3 heteroatoms. The predicted octanol–water partition coefficient (Wildman–Crippen LogP) is 3.29. The average Bonchev–Trinajstić information content (AvgIpc) is 2.30. The summed E-state index contributed by atoms with van der Waals surface area (Å²) < 4.78 is 0. The van der Waals surface area contributed by atoms with Gasteiger partial charge in [-0.05, 0) is 31.7 Å². The fourth-order valence-electron chi connectivity index (χ4n) is 2.04. The summed E-state index contributed by atoms with van der Waals surface area (Å²) in [5.74, 6) is 0. The Hall–Kier alpha value is -0.760. The first kappa shape index (κ1) is 10.7. The van der Waals surface area contributed by atoms with Crippen molar-refractivity contribution in [1.82, 2.24) is 4.98 Å². The molecule has 82 valence electrons. The molecule has 0 spiro atoms. The predicted molar refractivity (Wildman–Crippen MR) is 64.7 cm³/mol. The van der Waals surface area contributed by atoms with E-state index in [-0.39, 0.29) is 0 Å². The standard InChI is InChI=1S/C12H17ClN2/c1-2-12-11(13)8-10(9-14-12)15-6-4-3-5-7-15/h8-9H,2-7H2,1H3. The van der Waals surface area contributed by atoms with Crippen molar-refractivity contribution in [2.24, 2.45) is 0 Å². The molecule has 1 saturated heterocycles. The van der Waals surface area contributed by atoms with Crippen LogP contribution in [0.4, 0.5) is 5.69 Å². The van der Waals surface area contributed by atoms with E-state index in [1.54, 1.807) is 0 Å². The lowest BCUT2D eigenvalue weighted by atomic mass is 10.1. The molecule has 15 heavy (non-hydrogen) atoms. The summed E-state index contributed by atoms with van der Waals surface area (Å²) in [5.41, 5.74) is 2.18. The van der Waals surface area contributed by atoms with Gasteiger partial charge in [0, 0.05) is 13.1 Å². The Morgan fingerprint density at radius 1 is 1.33 bits per heavy atom. The molecule has 0 N–H and O–H groups in total. The highest BCUT2D eigenvalue weighted by Gasteiger charge is 2.12. The molecular formula is C12H17ClN2. The molecular weight excluding hydrogens is 208 g/mol. The van der Waals surface area contributed by atoms with Crippen LogP contribution in [0.5, 0.6) is 0 Å². The van der Waals surface area contributed by atoms with Crippen molar-refractivity contribution in [3.8, 4) is 0 Å². The van der Waals surface area contributed by atoms with Crippen molar-refractivity contribution in [3.05, 3.63) is 23.0 Å². The molecule has 0 saturated carbocycles. The van der Waals surface area contributed by atoms with E-state index in [4.69, 9.17) is 11.6 Å². The number of hydrogen-bond donors (Lipinski definition) is 0. The van der Waals surface area contributed by atoms with Crippen LogP contribution < -0.4 is 4.90 Å². The summed E-state index contributed by atoms with van der Waals surface area (Å²) >= 11 is 6.16. The van der Waals surface area contributed by atoms with E-state index < -0.39 is 0 Å². The van der Waals surface area contributed by atoms with Crippen LogP contribution in [0.15, 0.2) is 12.3 Å². The molecule has 2 heterocycles. The zero-order valence-electron chi connectivity index (χ0n) is 9.17. The van der Waals surface area contributed by atoms with Crippen LogP contribution in [0.3, 0.4) is 0 Å². The van der Waals surface area contributed by atoms with E-state index in [0.717, 1.165) is 30.2 Å². The van der Waals surface area contributed by atoms with Gasteiger partial charge in [0.2, 0.25) is 0 Å². The molecule has 0 aliphatic carbocycles. The number of aromatic nitrogens is 1. The van der Waals surface area contributed by atoms with E-state index in [1.807, 2.05) is 6.20 Å². The number of pyridine rings is 1. The number of piperidine rings is 1. The zero-order valence-corrected chi connectivity index (χ0v) is 9.93. The molecule has 0 unspecified atom stereocenters. The lowest BCUT2D eigenvalue weighted by Crippen LogP contribution is -2.29. The van der Waals surface area contributed by atoms with Crippen molar-refractivity contribution >= 4 is 17.3 Å². The summed E-state index contributed by atoms with van der Waals surface area (Å²) in [5, 5.41) is 0.806. The third kappa shape index (κ3) is 2.43. The van der Waals surface area contributed by atoms with Crippen LogP contribution in [0, 0.1) is 0 Å². The van der Waals surface area contributed by atoms with Crippen LogP contribution in [0.25, 0.3) is 0 Å². The highest BCUT2D eigenvalue weighted by Crippen LogP contribution is 2.24. The van der Waals surface area contributed by atoms with Gasteiger partial charge in [0.25, 0.3) is 0 Å². The molecule has 0 bridgehead atoms. The molecule has 0 radical (unpaired) electrons. The first-order valence-corrected chi connectivity index (χ1v) is 6.08. The van der Waals surface area contributed by atoms with Crippen molar-refractivity contribution in [1.29, 1.82) is 0 Å². The highest BCUT2D eigenvalue weighted by atomic mass is 35.5. The Labute approximate surface area is 96.3 Å². The largest absolute Gasteiger partial charge is 0.370 e. The topological polar surface area (TPSA) is 16.1 Å². The number of nitrogens with zero attached hydrogens (tertiary/aromatic N) is 2. The molecule has 1 fully saturated rings. The number of rotatable bonds is 2. The summed E-state index contributed by atoms with van der Waals surface area (Å²) in [4.78, 5) is 6.78. The smallest absolute Gasteiger partial charge is 0.0641 e. The second-order valence-corrected chi connectivity index (χ2v) is 4.43. The Kier molecular flexibility index (Phi) is 3.47. The average molecular weight is 225 g/mol. The molecule has 1 aliphatic heterocycles. The van der Waals surface area contributed by atoms with Crippen LogP contribution in [0.1, 0.15) is 31.9 Å². The van der Waals surface area contributed by atoms with Crippen LogP contribution in [-0.4, -0.2) is 18.1 Å².